The Hall–Kier alpha value is -1.88. The third kappa shape index (κ3) is 2.65. The Bertz CT molecular complexity index is 558. The summed E-state index contributed by atoms with van der Waals surface area (Å²) in [6.07, 6.45) is 4.03. The van der Waals surface area contributed by atoms with Gasteiger partial charge in [0.05, 0.1) is 0 Å². The Morgan fingerprint density at radius 1 is 1.29 bits per heavy atom. The molecule has 1 aromatic carbocycles. The van der Waals surface area contributed by atoms with Gasteiger partial charge in [0.15, 0.2) is 0 Å². The third-order valence-electron chi connectivity index (χ3n) is 4.76. The minimum absolute atomic E-state index is 0.0727. The fourth-order valence-corrected chi connectivity index (χ4v) is 3.50. The average Bonchev–Trinajstić information content (AvgIpc) is 2.69. The van der Waals surface area contributed by atoms with E-state index >= 15 is 0 Å². The molecular weight excluding hydrogens is 266 g/mol. The molecule has 2 saturated heterocycles. The van der Waals surface area contributed by atoms with Gasteiger partial charge in [-0.3, -0.25) is 5.41 Å². The van der Waals surface area contributed by atoms with Crippen molar-refractivity contribution in [3.63, 3.8) is 0 Å². The van der Waals surface area contributed by atoms with Crippen LogP contribution in [-0.4, -0.2) is 41.8 Å². The van der Waals surface area contributed by atoms with E-state index in [9.17, 15) is 4.79 Å². The zero-order valence-electron chi connectivity index (χ0n) is 12.2. The number of hydrogen-bond acceptors (Lipinski definition) is 5. The fourth-order valence-electron chi connectivity index (χ4n) is 3.50. The quantitative estimate of drug-likeness (QED) is 0.505. The van der Waals surface area contributed by atoms with E-state index in [4.69, 9.17) is 15.9 Å². The number of anilines is 1. The normalized spacial score (nSPS) is 28.3. The Morgan fingerprint density at radius 2 is 1.90 bits per heavy atom. The molecular formula is C16H21N3O2. The molecule has 2 bridgehead atoms. The Balaban J connectivity index is 1.65. The minimum Gasteiger partial charge on any atom is -0.458 e. The number of nitrogens with zero attached hydrogens (tertiary/aromatic N) is 1. The van der Waals surface area contributed by atoms with Crippen molar-refractivity contribution in [2.24, 2.45) is 0 Å². The molecule has 2 fully saturated rings. The van der Waals surface area contributed by atoms with Gasteiger partial charge >= 0.3 is 5.97 Å². The number of nitrogen functional groups attached to an aromatic ring is 1. The number of hydrogen-bond donors (Lipinski definition) is 2. The second kappa shape index (κ2) is 5.48. The van der Waals surface area contributed by atoms with Crippen LogP contribution in [0.15, 0.2) is 24.3 Å². The summed E-state index contributed by atoms with van der Waals surface area (Å²) >= 11 is 0. The topological polar surface area (TPSA) is 79.4 Å². The molecule has 1 aromatic rings. The molecule has 0 aliphatic carbocycles. The molecule has 0 radical (unpaired) electrons. The number of benzene rings is 1. The van der Waals surface area contributed by atoms with Crippen molar-refractivity contribution in [1.82, 2.24) is 4.90 Å². The van der Waals surface area contributed by atoms with Crippen LogP contribution in [0, 0.1) is 5.41 Å². The van der Waals surface area contributed by atoms with Crippen LogP contribution in [0.5, 0.6) is 0 Å². The molecule has 0 aromatic heterocycles. The minimum atomic E-state index is -0.568. The van der Waals surface area contributed by atoms with Gasteiger partial charge in [-0.2, -0.15) is 0 Å². The molecule has 112 valence electrons. The molecule has 3 N–H and O–H groups in total. The lowest BCUT2D eigenvalue weighted by Gasteiger charge is -2.35. The number of fused-ring (bicyclic) bond motifs is 2. The third-order valence-corrected chi connectivity index (χ3v) is 4.76. The van der Waals surface area contributed by atoms with E-state index in [0.717, 1.165) is 12.8 Å². The number of ether oxygens (including phenoxy) is 1. The molecule has 2 aliphatic rings. The second-order valence-corrected chi connectivity index (χ2v) is 6.01. The van der Waals surface area contributed by atoms with E-state index in [1.165, 1.54) is 12.8 Å². The molecule has 0 saturated carbocycles. The largest absolute Gasteiger partial charge is 0.458 e. The van der Waals surface area contributed by atoms with Crippen molar-refractivity contribution in [2.75, 3.05) is 12.8 Å². The fraction of sp³-hybridized carbons (Fsp3) is 0.500. The molecule has 2 heterocycles. The van der Waals surface area contributed by atoms with Crippen molar-refractivity contribution >= 4 is 17.4 Å². The summed E-state index contributed by atoms with van der Waals surface area (Å²) in [7, 11) is 2.15. The van der Waals surface area contributed by atoms with E-state index in [0.29, 0.717) is 23.3 Å². The summed E-state index contributed by atoms with van der Waals surface area (Å²) in [5, 5.41) is 7.99. The second-order valence-electron chi connectivity index (χ2n) is 6.01. The van der Waals surface area contributed by atoms with Gasteiger partial charge in [0, 0.05) is 36.2 Å². The maximum absolute atomic E-state index is 12.2. The van der Waals surface area contributed by atoms with E-state index in [1.54, 1.807) is 24.3 Å². The van der Waals surface area contributed by atoms with Gasteiger partial charge in [-0.05, 0) is 26.0 Å². The van der Waals surface area contributed by atoms with Gasteiger partial charge in [0.25, 0.3) is 0 Å². The van der Waals surface area contributed by atoms with Gasteiger partial charge in [0.2, 0.25) is 0 Å². The predicted octanol–water partition coefficient (Wildman–Crippen LogP) is 1.81. The first-order valence-corrected chi connectivity index (χ1v) is 7.42. The highest BCUT2D eigenvalue weighted by atomic mass is 16.5. The predicted molar refractivity (Wildman–Crippen MR) is 81.4 cm³/mol. The molecule has 5 heteroatoms. The number of esters is 1. The highest BCUT2D eigenvalue weighted by Crippen LogP contribution is 2.35. The Kier molecular flexibility index (Phi) is 3.68. The Morgan fingerprint density at radius 3 is 2.52 bits per heavy atom. The highest BCUT2D eigenvalue weighted by Gasteiger charge is 2.40. The summed E-state index contributed by atoms with van der Waals surface area (Å²) in [6.45, 7) is 0. The monoisotopic (exact) mass is 287 g/mol. The lowest BCUT2D eigenvalue weighted by atomic mass is 10.0. The lowest BCUT2D eigenvalue weighted by molar-refractivity contribution is -0.143. The molecule has 2 atom stereocenters. The summed E-state index contributed by atoms with van der Waals surface area (Å²) in [5.41, 5.74) is 6.53. The van der Waals surface area contributed by atoms with Crippen molar-refractivity contribution in [2.45, 2.75) is 43.9 Å². The SMILES string of the molecule is CN1C2CCC1CC(OC(=O)C(=N)c1ccccc1N)C2. The first-order valence-electron chi connectivity index (χ1n) is 7.42. The molecule has 5 nitrogen and oxygen atoms in total. The molecule has 2 unspecified atom stereocenters. The number of piperidine rings is 1. The van der Waals surface area contributed by atoms with Crippen LogP contribution in [-0.2, 0) is 9.53 Å². The number of nitrogens with one attached hydrogen (secondary N) is 1. The smallest absolute Gasteiger partial charge is 0.357 e. The van der Waals surface area contributed by atoms with Gasteiger partial charge < -0.3 is 15.4 Å². The standard InChI is InChI=1S/C16H21N3O2/c1-19-10-6-7-11(19)9-12(8-10)21-16(20)15(18)13-4-2-3-5-14(13)17/h2-5,10-12,18H,6-9,17H2,1H3. The van der Waals surface area contributed by atoms with Gasteiger partial charge in [0.1, 0.15) is 11.8 Å². The van der Waals surface area contributed by atoms with Crippen LogP contribution >= 0.6 is 0 Å². The van der Waals surface area contributed by atoms with E-state index in [-0.39, 0.29) is 11.8 Å². The number of carbonyl (C=O) groups is 1. The van der Waals surface area contributed by atoms with Gasteiger partial charge in [-0.25, -0.2) is 4.79 Å². The number of carbonyl (C=O) groups excluding carboxylic acids is 1. The zero-order chi connectivity index (χ0) is 15.0. The van der Waals surface area contributed by atoms with Crippen molar-refractivity contribution < 1.29 is 9.53 Å². The molecule has 0 spiro atoms. The molecule has 3 rings (SSSR count). The average molecular weight is 287 g/mol. The Labute approximate surface area is 124 Å². The van der Waals surface area contributed by atoms with Crippen LogP contribution in [0.1, 0.15) is 31.2 Å². The maximum Gasteiger partial charge on any atom is 0.357 e. The summed E-state index contributed by atoms with van der Waals surface area (Å²) in [5.74, 6) is -0.568. The van der Waals surface area contributed by atoms with Crippen LogP contribution in [0.25, 0.3) is 0 Å². The highest BCUT2D eigenvalue weighted by molar-refractivity contribution is 6.43. The maximum atomic E-state index is 12.2. The zero-order valence-corrected chi connectivity index (χ0v) is 12.2. The lowest BCUT2D eigenvalue weighted by Crippen LogP contribution is -2.44. The molecule has 2 aliphatic heterocycles. The molecule has 21 heavy (non-hydrogen) atoms. The van der Waals surface area contributed by atoms with Gasteiger partial charge in [-0.1, -0.05) is 18.2 Å². The van der Waals surface area contributed by atoms with E-state index < -0.39 is 5.97 Å². The van der Waals surface area contributed by atoms with Crippen molar-refractivity contribution in [3.8, 4) is 0 Å². The van der Waals surface area contributed by atoms with E-state index in [1.807, 2.05) is 0 Å². The first kappa shape index (κ1) is 14.1. The summed E-state index contributed by atoms with van der Waals surface area (Å²) in [6, 6.07) is 7.94. The van der Waals surface area contributed by atoms with Crippen molar-refractivity contribution in [3.05, 3.63) is 29.8 Å². The summed E-state index contributed by atoms with van der Waals surface area (Å²) in [4.78, 5) is 14.6. The van der Waals surface area contributed by atoms with Crippen LogP contribution in [0.3, 0.4) is 0 Å². The van der Waals surface area contributed by atoms with E-state index in [2.05, 4.69) is 11.9 Å². The van der Waals surface area contributed by atoms with Crippen LogP contribution in [0.2, 0.25) is 0 Å². The number of rotatable bonds is 3. The van der Waals surface area contributed by atoms with Crippen LogP contribution < -0.4 is 5.73 Å². The van der Waals surface area contributed by atoms with Crippen LogP contribution in [0.4, 0.5) is 5.69 Å². The van der Waals surface area contributed by atoms with Gasteiger partial charge in [-0.15, -0.1) is 0 Å². The molecule has 0 amide bonds. The first-order chi connectivity index (χ1) is 10.1. The number of nitrogens with two attached hydrogens (primary N) is 1. The van der Waals surface area contributed by atoms with Crippen molar-refractivity contribution in [1.29, 1.82) is 5.41 Å². The summed E-state index contributed by atoms with van der Waals surface area (Å²) < 4.78 is 5.55. The number of para-hydroxylation sites is 1.